The molecule has 198 valence electrons. The third-order valence-corrected chi connectivity index (χ3v) is 5.29. The molecule has 2 amide bonds. The van der Waals surface area contributed by atoms with Crippen LogP contribution in [0.4, 0.5) is 35.1 Å². The van der Waals surface area contributed by atoms with Crippen molar-refractivity contribution in [2.45, 2.75) is 31.4 Å². The molecule has 0 fully saturated rings. The number of halogens is 9. The Morgan fingerprint density at radius 2 is 1.43 bits per heavy atom. The lowest BCUT2D eigenvalue weighted by Crippen LogP contribution is -2.36. The van der Waals surface area contributed by atoms with Crippen molar-refractivity contribution in [3.8, 4) is 0 Å². The maximum absolute atomic E-state index is 13.6. The maximum Gasteiger partial charge on any atom is 0.459 e. The molecule has 0 radical (unpaired) electrons. The second kappa shape index (κ2) is 10.4. The van der Waals surface area contributed by atoms with Crippen LogP contribution in [0, 0.1) is 0 Å². The van der Waals surface area contributed by atoms with E-state index in [4.69, 9.17) is 11.6 Å². The number of alkyl halides is 8. The summed E-state index contributed by atoms with van der Waals surface area (Å²) in [6.07, 6.45) is -12.2. The minimum absolute atomic E-state index is 0.0197. The van der Waals surface area contributed by atoms with Crippen LogP contribution in [0.1, 0.15) is 43.2 Å². The first kappa shape index (κ1) is 27.9. The number of hydrogen-bond donors (Lipinski definition) is 3. The maximum atomic E-state index is 13.6. The lowest BCUT2D eigenvalue weighted by atomic mass is 10.1. The zero-order chi connectivity index (χ0) is 27.6. The normalized spacial score (nSPS) is 12.4. The van der Waals surface area contributed by atoms with Gasteiger partial charge in [0.05, 0.1) is 10.6 Å². The highest BCUT2D eigenvalue weighted by atomic mass is 35.5. The molecule has 0 saturated heterocycles. The van der Waals surface area contributed by atoms with Gasteiger partial charge in [-0.25, -0.2) is 0 Å². The quantitative estimate of drug-likeness (QED) is 0.333. The number of amides is 2. The highest BCUT2D eigenvalue weighted by Gasteiger charge is 2.63. The van der Waals surface area contributed by atoms with Crippen molar-refractivity contribution >= 4 is 23.4 Å². The van der Waals surface area contributed by atoms with Gasteiger partial charge < -0.3 is 10.6 Å². The van der Waals surface area contributed by atoms with Crippen LogP contribution in [0.2, 0.25) is 5.02 Å². The second-order valence-corrected chi connectivity index (χ2v) is 7.96. The molecule has 3 aromatic rings. The molecule has 3 N–H and O–H groups in total. The number of nitrogens with zero attached hydrogens (tertiary/aromatic N) is 1. The van der Waals surface area contributed by atoms with Crippen molar-refractivity contribution in [1.29, 1.82) is 0 Å². The minimum Gasteiger partial charge on any atom is -0.348 e. The molecule has 0 saturated carbocycles. The van der Waals surface area contributed by atoms with E-state index in [1.54, 1.807) is 30.3 Å². The molecule has 3 rings (SSSR count). The van der Waals surface area contributed by atoms with Crippen LogP contribution in [0.3, 0.4) is 0 Å². The lowest BCUT2D eigenvalue weighted by molar-refractivity contribution is -0.292. The van der Waals surface area contributed by atoms with E-state index in [2.05, 4.69) is 10.4 Å². The molecule has 15 heteroatoms. The van der Waals surface area contributed by atoms with E-state index < -0.39 is 53.6 Å². The van der Waals surface area contributed by atoms with Gasteiger partial charge in [-0.05, 0) is 23.3 Å². The van der Waals surface area contributed by atoms with Gasteiger partial charge in [-0.15, -0.1) is 0 Å². The van der Waals surface area contributed by atoms with Gasteiger partial charge in [0, 0.05) is 13.1 Å². The molecule has 0 aliphatic rings. The third kappa shape index (κ3) is 6.18. The molecular weight excluding hydrogens is 540 g/mol. The van der Waals surface area contributed by atoms with Crippen LogP contribution in [-0.2, 0) is 25.2 Å². The smallest absolute Gasteiger partial charge is 0.348 e. The molecule has 2 aromatic carbocycles. The Balaban J connectivity index is 1.78. The first-order chi connectivity index (χ1) is 17.1. The molecule has 0 atom stereocenters. The SMILES string of the molecule is O=C(NCc1ccccc1)c1cc(CNC(=O)c2n[nH]c(C(F)(F)C(F)(F)F)c2C(F)(F)F)ccc1Cl. The molecule has 1 heterocycles. The largest absolute Gasteiger partial charge is 0.459 e. The predicted molar refractivity (Wildman–Crippen MR) is 114 cm³/mol. The Labute approximate surface area is 208 Å². The summed E-state index contributed by atoms with van der Waals surface area (Å²) in [4.78, 5) is 24.8. The van der Waals surface area contributed by atoms with E-state index in [0.717, 1.165) is 10.7 Å². The Bertz CT molecular complexity index is 1290. The second-order valence-electron chi connectivity index (χ2n) is 7.56. The monoisotopic (exact) mass is 554 g/mol. The Hall–Kier alpha value is -3.68. The molecule has 0 bridgehead atoms. The van der Waals surface area contributed by atoms with Crippen LogP contribution < -0.4 is 10.6 Å². The number of benzene rings is 2. The average molecular weight is 555 g/mol. The first-order valence-corrected chi connectivity index (χ1v) is 10.5. The van der Waals surface area contributed by atoms with E-state index in [9.17, 15) is 44.7 Å². The fourth-order valence-electron chi connectivity index (χ4n) is 3.15. The van der Waals surface area contributed by atoms with Crippen molar-refractivity contribution in [1.82, 2.24) is 20.8 Å². The number of carbonyl (C=O) groups excluding carboxylic acids is 2. The van der Waals surface area contributed by atoms with Crippen LogP contribution in [-0.4, -0.2) is 28.2 Å². The molecule has 6 nitrogen and oxygen atoms in total. The number of carbonyl (C=O) groups is 2. The summed E-state index contributed by atoms with van der Waals surface area (Å²) in [5, 5.41) is 8.35. The molecule has 37 heavy (non-hydrogen) atoms. The van der Waals surface area contributed by atoms with Crippen molar-refractivity contribution < 1.29 is 44.7 Å². The van der Waals surface area contributed by atoms with Gasteiger partial charge in [0.25, 0.3) is 11.8 Å². The summed E-state index contributed by atoms with van der Waals surface area (Å²) in [5.74, 6) is -8.24. The summed E-state index contributed by atoms with van der Waals surface area (Å²) < 4.78 is 105. The predicted octanol–water partition coefficient (Wildman–Crippen LogP) is 5.60. The van der Waals surface area contributed by atoms with E-state index in [-0.39, 0.29) is 22.7 Å². The van der Waals surface area contributed by atoms with Crippen molar-refractivity contribution in [2.24, 2.45) is 0 Å². The average Bonchev–Trinajstić information content (AvgIpc) is 3.29. The van der Waals surface area contributed by atoms with Gasteiger partial charge >= 0.3 is 18.3 Å². The summed E-state index contributed by atoms with van der Waals surface area (Å²) in [5.41, 5.74) is -5.96. The van der Waals surface area contributed by atoms with Gasteiger partial charge in [-0.1, -0.05) is 48.0 Å². The van der Waals surface area contributed by atoms with Crippen molar-refractivity contribution in [2.75, 3.05) is 0 Å². The number of aromatic amines is 1. The zero-order valence-corrected chi connectivity index (χ0v) is 19.0. The van der Waals surface area contributed by atoms with E-state index in [0.29, 0.717) is 0 Å². The van der Waals surface area contributed by atoms with Gasteiger partial charge in [0.15, 0.2) is 5.69 Å². The number of nitrogens with one attached hydrogen (secondary N) is 3. The number of rotatable bonds is 7. The first-order valence-electron chi connectivity index (χ1n) is 10.1. The summed E-state index contributed by atoms with van der Waals surface area (Å²) >= 11 is 6.03. The minimum atomic E-state index is -6.38. The van der Waals surface area contributed by atoms with E-state index >= 15 is 0 Å². The van der Waals surface area contributed by atoms with Crippen LogP contribution in [0.15, 0.2) is 48.5 Å². The Kier molecular flexibility index (Phi) is 7.81. The van der Waals surface area contributed by atoms with Crippen molar-refractivity contribution in [3.05, 3.63) is 87.2 Å². The molecule has 0 aliphatic heterocycles. The van der Waals surface area contributed by atoms with Crippen molar-refractivity contribution in [3.63, 3.8) is 0 Å². The zero-order valence-electron chi connectivity index (χ0n) is 18.2. The fraction of sp³-hybridized carbons (Fsp3) is 0.227. The van der Waals surface area contributed by atoms with Crippen LogP contribution in [0.25, 0.3) is 0 Å². The third-order valence-electron chi connectivity index (χ3n) is 4.96. The summed E-state index contributed by atoms with van der Waals surface area (Å²) in [7, 11) is 0. The number of aromatic nitrogens is 2. The van der Waals surface area contributed by atoms with Crippen LogP contribution >= 0.6 is 11.6 Å². The van der Waals surface area contributed by atoms with E-state index in [1.165, 1.54) is 18.2 Å². The Morgan fingerprint density at radius 1 is 0.838 bits per heavy atom. The highest BCUT2D eigenvalue weighted by Crippen LogP contribution is 2.48. The molecular formula is C22H15ClF8N4O2. The molecule has 1 aromatic heterocycles. The van der Waals surface area contributed by atoms with Crippen LogP contribution in [0.5, 0.6) is 0 Å². The lowest BCUT2D eigenvalue weighted by Gasteiger charge is -2.20. The molecule has 0 aliphatic carbocycles. The summed E-state index contributed by atoms with van der Waals surface area (Å²) in [6.45, 7) is -0.384. The van der Waals surface area contributed by atoms with Gasteiger partial charge in [0.2, 0.25) is 0 Å². The van der Waals surface area contributed by atoms with E-state index in [1.807, 2.05) is 5.32 Å². The fourth-order valence-corrected chi connectivity index (χ4v) is 3.35. The Morgan fingerprint density at radius 3 is 2.03 bits per heavy atom. The standard InChI is InChI=1S/C22H15ClF8N4O2/c23-14-7-6-12(8-13(14)18(36)32-9-11-4-2-1-3-5-11)10-33-19(37)16-15(21(26,27)28)17(35-34-16)20(24,25)22(29,30)31/h1-8H,9-10H2,(H,32,36)(H,33,37)(H,34,35). The molecule has 0 unspecified atom stereocenters. The number of H-pyrrole nitrogens is 1. The molecule has 0 spiro atoms. The highest BCUT2D eigenvalue weighted by molar-refractivity contribution is 6.33. The van der Waals surface area contributed by atoms with Gasteiger partial charge in [-0.2, -0.15) is 40.2 Å². The van der Waals surface area contributed by atoms with Gasteiger partial charge in [-0.3, -0.25) is 14.7 Å². The van der Waals surface area contributed by atoms with Gasteiger partial charge in [0.1, 0.15) is 11.3 Å². The topological polar surface area (TPSA) is 86.9 Å². The number of hydrogen-bond acceptors (Lipinski definition) is 3. The summed E-state index contributed by atoms with van der Waals surface area (Å²) in [6, 6.07) is 12.6.